The molecule has 1 aromatic rings. The van der Waals surface area contributed by atoms with E-state index < -0.39 is 11.9 Å². The number of halogens is 1. The van der Waals surface area contributed by atoms with Crippen LogP contribution in [0.4, 0.5) is 10.1 Å². The van der Waals surface area contributed by atoms with Crippen molar-refractivity contribution in [3.63, 3.8) is 0 Å². The van der Waals surface area contributed by atoms with Gasteiger partial charge in [-0.05, 0) is 24.1 Å². The van der Waals surface area contributed by atoms with Gasteiger partial charge >= 0.3 is 0 Å². The fraction of sp³-hybridized carbons (Fsp3) is 0.385. The molecule has 96 valence electrons. The molecule has 4 nitrogen and oxygen atoms in total. The summed E-state index contributed by atoms with van der Waals surface area (Å²) in [7, 11) is 1.54. The highest BCUT2D eigenvalue weighted by Crippen LogP contribution is 2.18. The van der Waals surface area contributed by atoms with Crippen LogP contribution < -0.4 is 10.6 Å². The molecule has 0 heterocycles. The average Bonchev–Trinajstić information content (AvgIpc) is 2.35. The van der Waals surface area contributed by atoms with Crippen molar-refractivity contribution in [2.45, 2.75) is 19.9 Å². The topological polar surface area (TPSA) is 64.9 Å². The minimum atomic E-state index is -0.538. The molecular formula is C13H16FN3O. The second-order valence-corrected chi connectivity index (χ2v) is 4.29. The van der Waals surface area contributed by atoms with Gasteiger partial charge in [0.25, 0.3) is 0 Å². The summed E-state index contributed by atoms with van der Waals surface area (Å²) in [5.74, 6) is -0.725. The van der Waals surface area contributed by atoms with Gasteiger partial charge in [0, 0.05) is 7.05 Å². The van der Waals surface area contributed by atoms with Crippen molar-refractivity contribution in [3.8, 4) is 6.07 Å². The lowest BCUT2D eigenvalue weighted by Gasteiger charge is -2.22. The molecule has 2 N–H and O–H groups in total. The maximum atomic E-state index is 13.7. The number of nitrogens with one attached hydrogen (secondary N) is 2. The first-order valence-corrected chi connectivity index (χ1v) is 5.67. The SMILES string of the molecule is CNC(=O)C(Nc1ccc(C#N)cc1F)C(C)C. The average molecular weight is 249 g/mol. The van der Waals surface area contributed by atoms with Crippen LogP contribution >= 0.6 is 0 Å². The van der Waals surface area contributed by atoms with E-state index in [0.29, 0.717) is 0 Å². The molecule has 1 amide bonds. The molecule has 0 bridgehead atoms. The van der Waals surface area contributed by atoms with Crippen LogP contribution in [-0.4, -0.2) is 19.0 Å². The monoisotopic (exact) mass is 249 g/mol. The van der Waals surface area contributed by atoms with E-state index in [1.807, 2.05) is 19.9 Å². The second kappa shape index (κ2) is 6.01. The van der Waals surface area contributed by atoms with Crippen LogP contribution in [0.25, 0.3) is 0 Å². The zero-order valence-corrected chi connectivity index (χ0v) is 10.6. The molecule has 0 aromatic heterocycles. The van der Waals surface area contributed by atoms with E-state index in [9.17, 15) is 9.18 Å². The highest BCUT2D eigenvalue weighted by Gasteiger charge is 2.21. The molecule has 0 spiro atoms. The Hall–Kier alpha value is -2.09. The molecule has 0 fully saturated rings. The highest BCUT2D eigenvalue weighted by atomic mass is 19.1. The molecule has 0 aliphatic carbocycles. The molecule has 1 atom stereocenters. The number of nitriles is 1. The zero-order chi connectivity index (χ0) is 13.7. The number of hydrogen-bond acceptors (Lipinski definition) is 3. The second-order valence-electron chi connectivity index (χ2n) is 4.29. The number of rotatable bonds is 4. The summed E-state index contributed by atoms with van der Waals surface area (Å²) < 4.78 is 13.7. The minimum absolute atomic E-state index is 0.0139. The third-order valence-corrected chi connectivity index (χ3v) is 2.60. The summed E-state index contributed by atoms with van der Waals surface area (Å²) in [6, 6.07) is 5.46. The third-order valence-electron chi connectivity index (χ3n) is 2.60. The first kappa shape index (κ1) is 14.0. The van der Waals surface area contributed by atoms with Gasteiger partial charge in [0.15, 0.2) is 0 Å². The summed E-state index contributed by atoms with van der Waals surface area (Å²) in [6.45, 7) is 3.74. The Morgan fingerprint density at radius 1 is 1.44 bits per heavy atom. The van der Waals surface area contributed by atoms with Gasteiger partial charge < -0.3 is 10.6 Å². The molecule has 0 aliphatic rings. The van der Waals surface area contributed by atoms with Crippen molar-refractivity contribution in [1.29, 1.82) is 5.26 Å². The largest absolute Gasteiger partial charge is 0.371 e. The Balaban J connectivity index is 2.95. The number of anilines is 1. The van der Waals surface area contributed by atoms with Crippen molar-refractivity contribution >= 4 is 11.6 Å². The molecule has 5 heteroatoms. The summed E-state index contributed by atoms with van der Waals surface area (Å²) >= 11 is 0. The number of benzene rings is 1. The first-order chi connectivity index (χ1) is 8.49. The maximum Gasteiger partial charge on any atom is 0.242 e. The van der Waals surface area contributed by atoms with Gasteiger partial charge in [0.05, 0.1) is 17.3 Å². The Kier molecular flexibility index (Phi) is 4.67. The van der Waals surface area contributed by atoms with E-state index in [4.69, 9.17) is 5.26 Å². The van der Waals surface area contributed by atoms with E-state index >= 15 is 0 Å². The highest BCUT2D eigenvalue weighted by molar-refractivity contribution is 5.84. The maximum absolute atomic E-state index is 13.7. The summed E-state index contributed by atoms with van der Waals surface area (Å²) in [5.41, 5.74) is 0.468. The lowest BCUT2D eigenvalue weighted by molar-refractivity contribution is -0.122. The number of hydrogen-bond donors (Lipinski definition) is 2. The summed E-state index contributed by atoms with van der Waals surface area (Å²) in [6.07, 6.45) is 0. The normalized spacial score (nSPS) is 11.8. The van der Waals surface area contributed by atoms with Gasteiger partial charge in [-0.1, -0.05) is 13.8 Å². The number of likely N-dealkylation sites (N-methyl/N-ethyl adjacent to an activating group) is 1. The molecular weight excluding hydrogens is 233 g/mol. The molecule has 1 aromatic carbocycles. The van der Waals surface area contributed by atoms with Gasteiger partial charge in [-0.15, -0.1) is 0 Å². The molecule has 0 saturated carbocycles. The fourth-order valence-corrected chi connectivity index (χ4v) is 1.56. The Labute approximate surface area is 106 Å². The van der Waals surface area contributed by atoms with Crippen LogP contribution in [-0.2, 0) is 4.79 Å². The molecule has 1 unspecified atom stereocenters. The predicted octanol–water partition coefficient (Wildman–Crippen LogP) is 1.88. The first-order valence-electron chi connectivity index (χ1n) is 5.67. The van der Waals surface area contributed by atoms with Gasteiger partial charge in [-0.3, -0.25) is 4.79 Å². The molecule has 0 radical (unpaired) electrons. The lowest BCUT2D eigenvalue weighted by Crippen LogP contribution is -2.41. The van der Waals surface area contributed by atoms with E-state index in [1.54, 1.807) is 0 Å². The van der Waals surface area contributed by atoms with Gasteiger partial charge in [0.1, 0.15) is 11.9 Å². The molecule has 0 saturated heterocycles. The molecule has 18 heavy (non-hydrogen) atoms. The number of nitrogens with zero attached hydrogens (tertiary/aromatic N) is 1. The van der Waals surface area contributed by atoms with Crippen LogP contribution in [0.5, 0.6) is 0 Å². The van der Waals surface area contributed by atoms with Crippen molar-refractivity contribution in [3.05, 3.63) is 29.6 Å². The lowest BCUT2D eigenvalue weighted by atomic mass is 10.0. The smallest absolute Gasteiger partial charge is 0.242 e. The standard InChI is InChI=1S/C13H16FN3O/c1-8(2)12(13(18)16-3)17-11-5-4-9(7-15)6-10(11)14/h4-6,8,12,17H,1-3H3,(H,16,18). The van der Waals surface area contributed by atoms with Gasteiger partial charge in [-0.2, -0.15) is 5.26 Å². The number of carbonyl (C=O) groups excluding carboxylic acids is 1. The van der Waals surface area contributed by atoms with Gasteiger partial charge in [0.2, 0.25) is 5.91 Å². The van der Waals surface area contributed by atoms with E-state index in [0.717, 1.165) is 6.07 Å². The van der Waals surface area contributed by atoms with Crippen molar-refractivity contribution in [1.82, 2.24) is 5.32 Å². The molecule has 1 rings (SSSR count). The Bertz CT molecular complexity index is 480. The number of amides is 1. The minimum Gasteiger partial charge on any atom is -0.371 e. The predicted molar refractivity (Wildman–Crippen MR) is 67.4 cm³/mol. The van der Waals surface area contributed by atoms with Crippen LogP contribution in [0, 0.1) is 23.1 Å². The van der Waals surface area contributed by atoms with E-state index in [1.165, 1.54) is 19.2 Å². The summed E-state index contributed by atoms with van der Waals surface area (Å²) in [4.78, 5) is 11.6. The van der Waals surface area contributed by atoms with E-state index in [-0.39, 0.29) is 23.1 Å². The van der Waals surface area contributed by atoms with Crippen LogP contribution in [0.1, 0.15) is 19.4 Å². The van der Waals surface area contributed by atoms with Crippen LogP contribution in [0.2, 0.25) is 0 Å². The Morgan fingerprint density at radius 2 is 2.11 bits per heavy atom. The van der Waals surface area contributed by atoms with Crippen LogP contribution in [0.3, 0.4) is 0 Å². The Morgan fingerprint density at radius 3 is 2.56 bits per heavy atom. The van der Waals surface area contributed by atoms with E-state index in [2.05, 4.69) is 10.6 Å². The molecule has 0 aliphatic heterocycles. The van der Waals surface area contributed by atoms with Crippen LogP contribution in [0.15, 0.2) is 18.2 Å². The third kappa shape index (κ3) is 3.20. The number of carbonyl (C=O) groups is 1. The van der Waals surface area contributed by atoms with Crippen molar-refractivity contribution in [2.75, 3.05) is 12.4 Å². The zero-order valence-electron chi connectivity index (χ0n) is 10.6. The summed E-state index contributed by atoms with van der Waals surface area (Å²) in [5, 5.41) is 14.0. The van der Waals surface area contributed by atoms with Crippen molar-refractivity contribution in [2.24, 2.45) is 5.92 Å². The quantitative estimate of drug-likeness (QED) is 0.856. The van der Waals surface area contributed by atoms with Crippen molar-refractivity contribution < 1.29 is 9.18 Å². The fourth-order valence-electron chi connectivity index (χ4n) is 1.56. The van der Waals surface area contributed by atoms with Gasteiger partial charge in [-0.25, -0.2) is 4.39 Å².